The molecule has 9 heteroatoms. The van der Waals surface area contributed by atoms with Crippen molar-refractivity contribution < 1.29 is 13.3 Å². The molecular weight excluding hydrogens is 452 g/mol. The zero-order chi connectivity index (χ0) is 24.9. The van der Waals surface area contributed by atoms with Crippen LogP contribution >= 0.6 is 0 Å². The molecule has 1 aliphatic rings. The van der Waals surface area contributed by atoms with Gasteiger partial charge in [0.2, 0.25) is 10.0 Å². The van der Waals surface area contributed by atoms with Crippen LogP contribution in [0, 0.1) is 22.0 Å². The third kappa shape index (κ3) is 6.55. The standard InChI is InChI=1S/C25H36N4O4S/c1-20(2)17-28(18-21(3)4)34(32,33)25-16-23(29(30)31)10-11-24(25)27-14-12-26(13-15-27)19-22-8-6-5-7-9-22/h5-11,16,20-21H,12-15,17-19H2,1-4H3. The Kier molecular flexibility index (Phi) is 8.67. The Balaban J connectivity index is 1.89. The van der Waals surface area contributed by atoms with Crippen molar-refractivity contribution in [1.82, 2.24) is 9.21 Å². The van der Waals surface area contributed by atoms with Gasteiger partial charge >= 0.3 is 0 Å². The molecule has 0 N–H and O–H groups in total. The van der Waals surface area contributed by atoms with Gasteiger partial charge in [0, 0.05) is 57.9 Å². The Labute approximate surface area is 203 Å². The van der Waals surface area contributed by atoms with Crippen molar-refractivity contribution in [2.45, 2.75) is 39.1 Å². The third-order valence-electron chi connectivity index (χ3n) is 5.87. The molecule has 1 fully saturated rings. The highest BCUT2D eigenvalue weighted by Gasteiger charge is 2.32. The first-order valence-corrected chi connectivity index (χ1v) is 13.3. The molecule has 0 saturated carbocycles. The van der Waals surface area contributed by atoms with Crippen LogP contribution in [0.5, 0.6) is 0 Å². The van der Waals surface area contributed by atoms with Gasteiger partial charge in [0.25, 0.3) is 5.69 Å². The van der Waals surface area contributed by atoms with Crippen LogP contribution in [0.25, 0.3) is 0 Å². The van der Waals surface area contributed by atoms with Gasteiger partial charge in [0.15, 0.2) is 0 Å². The number of nitro benzene ring substituents is 1. The Morgan fingerprint density at radius 3 is 2.06 bits per heavy atom. The number of piperazine rings is 1. The third-order valence-corrected chi connectivity index (χ3v) is 7.73. The lowest BCUT2D eigenvalue weighted by atomic mass is 10.2. The summed E-state index contributed by atoms with van der Waals surface area (Å²) in [6.45, 7) is 12.4. The van der Waals surface area contributed by atoms with Crippen LogP contribution in [-0.2, 0) is 16.6 Å². The molecular formula is C25H36N4O4S. The van der Waals surface area contributed by atoms with Crippen LogP contribution in [0.1, 0.15) is 33.3 Å². The summed E-state index contributed by atoms with van der Waals surface area (Å²) in [6.07, 6.45) is 0. The van der Waals surface area contributed by atoms with E-state index in [0.717, 1.165) is 19.6 Å². The van der Waals surface area contributed by atoms with Crippen molar-refractivity contribution in [2.24, 2.45) is 11.8 Å². The monoisotopic (exact) mass is 488 g/mol. The molecule has 0 amide bonds. The molecule has 1 saturated heterocycles. The maximum Gasteiger partial charge on any atom is 0.270 e. The first kappa shape index (κ1) is 26.1. The Bertz CT molecular complexity index is 1060. The van der Waals surface area contributed by atoms with E-state index in [1.807, 2.05) is 50.8 Å². The molecule has 2 aromatic rings. The molecule has 34 heavy (non-hydrogen) atoms. The Morgan fingerprint density at radius 2 is 1.53 bits per heavy atom. The quantitative estimate of drug-likeness (QED) is 0.368. The van der Waals surface area contributed by atoms with Gasteiger partial charge in [-0.1, -0.05) is 58.0 Å². The number of rotatable bonds is 10. The second kappa shape index (κ2) is 11.3. The summed E-state index contributed by atoms with van der Waals surface area (Å²) in [5.74, 6) is 0.273. The smallest absolute Gasteiger partial charge is 0.270 e. The first-order valence-electron chi connectivity index (χ1n) is 11.9. The summed E-state index contributed by atoms with van der Waals surface area (Å²) in [7, 11) is -3.92. The average molecular weight is 489 g/mol. The highest BCUT2D eigenvalue weighted by Crippen LogP contribution is 2.33. The molecule has 1 aliphatic heterocycles. The lowest BCUT2D eigenvalue weighted by Crippen LogP contribution is -2.46. The van der Waals surface area contributed by atoms with Crippen molar-refractivity contribution in [2.75, 3.05) is 44.2 Å². The number of anilines is 1. The van der Waals surface area contributed by atoms with Crippen LogP contribution in [-0.4, -0.2) is 61.8 Å². The van der Waals surface area contributed by atoms with Crippen molar-refractivity contribution in [3.63, 3.8) is 0 Å². The van der Waals surface area contributed by atoms with E-state index in [4.69, 9.17) is 0 Å². The van der Waals surface area contributed by atoms with E-state index < -0.39 is 14.9 Å². The summed E-state index contributed by atoms with van der Waals surface area (Å²) in [5, 5.41) is 11.5. The molecule has 0 radical (unpaired) electrons. The minimum Gasteiger partial charge on any atom is -0.368 e. The minimum absolute atomic E-state index is 0.0273. The largest absolute Gasteiger partial charge is 0.368 e. The van der Waals surface area contributed by atoms with Crippen molar-refractivity contribution >= 4 is 21.4 Å². The normalized spacial score (nSPS) is 15.4. The number of hydrogen-bond acceptors (Lipinski definition) is 6. The second-order valence-electron chi connectivity index (χ2n) is 9.77. The van der Waals surface area contributed by atoms with Gasteiger partial charge in [-0.15, -0.1) is 0 Å². The molecule has 0 aliphatic carbocycles. The molecule has 2 aromatic carbocycles. The van der Waals surface area contributed by atoms with Crippen molar-refractivity contribution in [3.05, 3.63) is 64.2 Å². The summed E-state index contributed by atoms with van der Waals surface area (Å²) in [4.78, 5) is 15.4. The fourth-order valence-corrected chi connectivity index (χ4v) is 6.30. The maximum absolute atomic E-state index is 13.8. The van der Waals surface area contributed by atoms with Crippen LogP contribution in [0.4, 0.5) is 11.4 Å². The molecule has 186 valence electrons. The zero-order valence-electron chi connectivity index (χ0n) is 20.6. The summed E-state index contributed by atoms with van der Waals surface area (Å²) >= 11 is 0. The molecule has 8 nitrogen and oxygen atoms in total. The van der Waals surface area contributed by atoms with Gasteiger partial charge in [-0.25, -0.2) is 8.42 Å². The van der Waals surface area contributed by atoms with E-state index >= 15 is 0 Å². The molecule has 0 spiro atoms. The van der Waals surface area contributed by atoms with E-state index in [9.17, 15) is 18.5 Å². The predicted molar refractivity (Wildman–Crippen MR) is 135 cm³/mol. The van der Waals surface area contributed by atoms with Gasteiger partial charge < -0.3 is 4.90 Å². The van der Waals surface area contributed by atoms with E-state index in [1.165, 1.54) is 22.0 Å². The number of sulfonamides is 1. The fraction of sp³-hybridized carbons (Fsp3) is 0.520. The predicted octanol–water partition coefficient (Wildman–Crippen LogP) is 4.22. The number of hydrogen-bond donors (Lipinski definition) is 0. The van der Waals surface area contributed by atoms with Crippen molar-refractivity contribution in [1.29, 1.82) is 0 Å². The number of nitro groups is 1. The maximum atomic E-state index is 13.8. The van der Waals surface area contributed by atoms with Crippen molar-refractivity contribution in [3.8, 4) is 0 Å². The fourth-order valence-electron chi connectivity index (χ4n) is 4.30. The van der Waals surface area contributed by atoms with E-state index in [2.05, 4.69) is 17.0 Å². The summed E-state index contributed by atoms with van der Waals surface area (Å²) in [5.41, 5.74) is 1.58. The van der Waals surface area contributed by atoms with Crippen LogP contribution in [0.3, 0.4) is 0 Å². The topological polar surface area (TPSA) is 87.0 Å². The van der Waals surface area contributed by atoms with Gasteiger partial charge in [0.05, 0.1) is 10.6 Å². The van der Waals surface area contributed by atoms with Crippen LogP contribution < -0.4 is 4.90 Å². The van der Waals surface area contributed by atoms with Gasteiger partial charge in [-0.3, -0.25) is 15.0 Å². The lowest BCUT2D eigenvalue weighted by Gasteiger charge is -2.37. The van der Waals surface area contributed by atoms with E-state index in [-0.39, 0.29) is 22.4 Å². The van der Waals surface area contributed by atoms with Gasteiger partial charge in [0.1, 0.15) is 4.90 Å². The molecule has 0 atom stereocenters. The zero-order valence-corrected chi connectivity index (χ0v) is 21.4. The number of non-ortho nitro benzene ring substituents is 1. The van der Waals surface area contributed by atoms with Crippen LogP contribution in [0.15, 0.2) is 53.4 Å². The Hall–Kier alpha value is -2.49. The summed E-state index contributed by atoms with van der Waals surface area (Å²) < 4.78 is 29.1. The van der Waals surface area contributed by atoms with Crippen LogP contribution in [0.2, 0.25) is 0 Å². The summed E-state index contributed by atoms with van der Waals surface area (Å²) in [6, 6.07) is 14.5. The molecule has 3 rings (SSSR count). The first-order chi connectivity index (χ1) is 16.1. The highest BCUT2D eigenvalue weighted by atomic mass is 32.2. The number of benzene rings is 2. The lowest BCUT2D eigenvalue weighted by molar-refractivity contribution is -0.385. The second-order valence-corrected chi connectivity index (χ2v) is 11.7. The molecule has 1 heterocycles. The molecule has 0 bridgehead atoms. The highest BCUT2D eigenvalue weighted by molar-refractivity contribution is 7.89. The molecule has 0 unspecified atom stereocenters. The Morgan fingerprint density at radius 1 is 0.941 bits per heavy atom. The number of nitrogens with zero attached hydrogens (tertiary/aromatic N) is 4. The van der Waals surface area contributed by atoms with Gasteiger partial charge in [-0.05, 0) is 23.5 Å². The molecule has 0 aromatic heterocycles. The minimum atomic E-state index is -3.92. The van der Waals surface area contributed by atoms with Gasteiger partial charge in [-0.2, -0.15) is 4.31 Å². The average Bonchev–Trinajstić information content (AvgIpc) is 2.79. The SMILES string of the molecule is CC(C)CN(CC(C)C)S(=O)(=O)c1cc([N+](=O)[O-])ccc1N1CCN(Cc2ccccc2)CC1. The van der Waals surface area contributed by atoms with E-state index in [0.29, 0.717) is 31.9 Å². The van der Waals surface area contributed by atoms with E-state index in [1.54, 1.807) is 6.07 Å².